The molecule has 6 nitrogen and oxygen atoms in total. The number of amides is 3. The zero-order valence-corrected chi connectivity index (χ0v) is 10.8. The second-order valence-corrected chi connectivity index (χ2v) is 4.50. The number of carbonyl (C=O) groups excluding carboxylic acids is 2. The fourth-order valence-electron chi connectivity index (χ4n) is 2.06. The number of nitrogens with two attached hydrogens (primary N) is 1. The lowest BCUT2D eigenvalue weighted by Gasteiger charge is -2.31. The molecule has 1 aromatic rings. The van der Waals surface area contributed by atoms with Crippen LogP contribution in [-0.4, -0.2) is 42.6 Å². The van der Waals surface area contributed by atoms with E-state index in [1.807, 2.05) is 6.92 Å². The zero-order chi connectivity index (χ0) is 13.8. The van der Waals surface area contributed by atoms with Gasteiger partial charge in [-0.2, -0.15) is 0 Å². The van der Waals surface area contributed by atoms with Crippen molar-refractivity contribution in [3.05, 3.63) is 29.8 Å². The summed E-state index contributed by atoms with van der Waals surface area (Å²) in [5.74, 6) is -0.0664. The highest BCUT2D eigenvalue weighted by atomic mass is 16.5. The molecule has 0 saturated carbocycles. The number of carbonyl (C=O) groups is 2. The van der Waals surface area contributed by atoms with Crippen LogP contribution >= 0.6 is 0 Å². The molecular weight excluding hydrogens is 246 g/mol. The summed E-state index contributed by atoms with van der Waals surface area (Å²) in [6.07, 6.45) is 0.0460. The third-order valence-corrected chi connectivity index (χ3v) is 2.91. The lowest BCUT2D eigenvalue weighted by Crippen LogP contribution is -2.44. The molecule has 3 amide bonds. The van der Waals surface area contributed by atoms with Gasteiger partial charge in [-0.1, -0.05) is 6.07 Å². The Morgan fingerprint density at radius 1 is 1.47 bits per heavy atom. The fraction of sp³-hybridized carbons (Fsp3) is 0.385. The first kappa shape index (κ1) is 13.4. The van der Waals surface area contributed by atoms with Crippen LogP contribution in [0.1, 0.15) is 17.3 Å². The average molecular weight is 263 g/mol. The van der Waals surface area contributed by atoms with Gasteiger partial charge in [0.05, 0.1) is 12.7 Å². The van der Waals surface area contributed by atoms with Gasteiger partial charge in [0.1, 0.15) is 0 Å². The summed E-state index contributed by atoms with van der Waals surface area (Å²) in [5.41, 5.74) is 6.09. The number of morpholine rings is 1. The monoisotopic (exact) mass is 263 g/mol. The Bertz CT molecular complexity index is 490. The molecular formula is C13H17N3O3. The molecule has 1 heterocycles. The van der Waals surface area contributed by atoms with E-state index in [2.05, 4.69) is 5.32 Å². The van der Waals surface area contributed by atoms with Gasteiger partial charge in [0.15, 0.2) is 0 Å². The van der Waals surface area contributed by atoms with Crippen LogP contribution in [0.5, 0.6) is 0 Å². The third kappa shape index (κ3) is 3.45. The van der Waals surface area contributed by atoms with Crippen molar-refractivity contribution in [1.82, 2.24) is 4.90 Å². The molecule has 1 aliphatic heterocycles. The number of anilines is 1. The van der Waals surface area contributed by atoms with Crippen molar-refractivity contribution in [2.45, 2.75) is 13.0 Å². The maximum absolute atomic E-state index is 12.3. The molecule has 19 heavy (non-hydrogen) atoms. The minimum atomic E-state index is -0.649. The van der Waals surface area contributed by atoms with E-state index in [9.17, 15) is 9.59 Å². The molecule has 1 saturated heterocycles. The number of ether oxygens (including phenoxy) is 1. The van der Waals surface area contributed by atoms with Gasteiger partial charge >= 0.3 is 6.03 Å². The van der Waals surface area contributed by atoms with Crippen LogP contribution in [0.3, 0.4) is 0 Å². The third-order valence-electron chi connectivity index (χ3n) is 2.91. The van der Waals surface area contributed by atoms with Crippen molar-refractivity contribution in [1.29, 1.82) is 0 Å². The summed E-state index contributed by atoms with van der Waals surface area (Å²) < 4.78 is 5.40. The first-order chi connectivity index (χ1) is 9.06. The van der Waals surface area contributed by atoms with Crippen LogP contribution in [0.4, 0.5) is 10.5 Å². The summed E-state index contributed by atoms with van der Waals surface area (Å²) in [6, 6.07) is 6.08. The molecule has 1 fully saturated rings. The molecule has 1 unspecified atom stereocenters. The van der Waals surface area contributed by atoms with E-state index in [1.165, 1.54) is 0 Å². The first-order valence-corrected chi connectivity index (χ1v) is 6.13. The molecule has 2 rings (SSSR count). The number of benzene rings is 1. The van der Waals surface area contributed by atoms with Crippen LogP contribution in [0.2, 0.25) is 0 Å². The Kier molecular flexibility index (Phi) is 4.01. The van der Waals surface area contributed by atoms with Crippen molar-refractivity contribution >= 4 is 17.6 Å². The normalized spacial score (nSPS) is 19.0. The number of hydrogen-bond acceptors (Lipinski definition) is 3. The van der Waals surface area contributed by atoms with Crippen molar-refractivity contribution in [2.75, 3.05) is 25.0 Å². The Morgan fingerprint density at radius 3 is 2.95 bits per heavy atom. The quantitative estimate of drug-likeness (QED) is 0.836. The van der Waals surface area contributed by atoms with E-state index in [4.69, 9.17) is 10.5 Å². The summed E-state index contributed by atoms with van der Waals surface area (Å²) in [4.78, 5) is 24.9. The zero-order valence-electron chi connectivity index (χ0n) is 10.8. The second kappa shape index (κ2) is 5.71. The summed E-state index contributed by atoms with van der Waals surface area (Å²) in [7, 11) is 0. The van der Waals surface area contributed by atoms with Gasteiger partial charge in [-0.3, -0.25) is 4.79 Å². The minimum absolute atomic E-state index is 0.0460. The van der Waals surface area contributed by atoms with Crippen LogP contribution in [0.15, 0.2) is 24.3 Å². The van der Waals surface area contributed by atoms with Gasteiger partial charge in [-0.15, -0.1) is 0 Å². The van der Waals surface area contributed by atoms with Crippen LogP contribution < -0.4 is 11.1 Å². The summed E-state index contributed by atoms with van der Waals surface area (Å²) >= 11 is 0. The van der Waals surface area contributed by atoms with Crippen LogP contribution in [0.25, 0.3) is 0 Å². The van der Waals surface area contributed by atoms with Crippen molar-refractivity contribution in [3.8, 4) is 0 Å². The molecule has 3 N–H and O–H groups in total. The van der Waals surface area contributed by atoms with Gasteiger partial charge in [-0.05, 0) is 25.1 Å². The van der Waals surface area contributed by atoms with E-state index < -0.39 is 6.03 Å². The highest BCUT2D eigenvalue weighted by Crippen LogP contribution is 2.14. The molecule has 1 atom stereocenters. The lowest BCUT2D eigenvalue weighted by atomic mass is 10.1. The molecule has 102 valence electrons. The maximum Gasteiger partial charge on any atom is 0.316 e. The van der Waals surface area contributed by atoms with Crippen molar-refractivity contribution < 1.29 is 14.3 Å². The minimum Gasteiger partial charge on any atom is -0.375 e. The fourth-order valence-corrected chi connectivity index (χ4v) is 2.06. The molecule has 0 bridgehead atoms. The van der Waals surface area contributed by atoms with Gasteiger partial charge in [0.25, 0.3) is 5.91 Å². The lowest BCUT2D eigenvalue weighted by molar-refractivity contribution is -0.0124. The van der Waals surface area contributed by atoms with Crippen molar-refractivity contribution in [2.24, 2.45) is 5.73 Å². The number of primary amides is 1. The van der Waals surface area contributed by atoms with Crippen molar-refractivity contribution in [3.63, 3.8) is 0 Å². The van der Waals surface area contributed by atoms with E-state index in [-0.39, 0.29) is 12.0 Å². The maximum atomic E-state index is 12.3. The standard InChI is InChI=1S/C13H17N3O3/c1-9-8-16(5-6-19-9)12(17)10-3-2-4-11(7-10)15-13(14)18/h2-4,7,9H,5-6,8H2,1H3,(H3,14,15,18). The largest absolute Gasteiger partial charge is 0.375 e. The summed E-state index contributed by atoms with van der Waals surface area (Å²) in [5, 5.41) is 2.46. The highest BCUT2D eigenvalue weighted by molar-refractivity contribution is 5.96. The summed E-state index contributed by atoms with van der Waals surface area (Å²) in [6.45, 7) is 3.64. The van der Waals surface area contributed by atoms with Gasteiger partial charge in [-0.25, -0.2) is 4.79 Å². The Labute approximate surface area is 111 Å². The number of rotatable bonds is 2. The topological polar surface area (TPSA) is 84.7 Å². The molecule has 6 heteroatoms. The van der Waals surface area contributed by atoms with E-state index in [0.29, 0.717) is 30.9 Å². The Hall–Kier alpha value is -2.08. The van der Waals surface area contributed by atoms with Gasteiger partial charge in [0.2, 0.25) is 0 Å². The smallest absolute Gasteiger partial charge is 0.316 e. The van der Waals surface area contributed by atoms with E-state index in [1.54, 1.807) is 29.2 Å². The van der Waals surface area contributed by atoms with Crippen LogP contribution in [0, 0.1) is 0 Å². The number of urea groups is 1. The molecule has 1 aliphatic rings. The molecule has 0 aromatic heterocycles. The number of nitrogens with one attached hydrogen (secondary N) is 1. The van der Waals surface area contributed by atoms with E-state index >= 15 is 0 Å². The van der Waals surface area contributed by atoms with Crippen LogP contribution in [-0.2, 0) is 4.74 Å². The van der Waals surface area contributed by atoms with Gasteiger partial charge < -0.3 is 20.7 Å². The molecule has 0 radical (unpaired) electrons. The number of nitrogens with zero attached hydrogens (tertiary/aromatic N) is 1. The predicted molar refractivity (Wildman–Crippen MR) is 71.0 cm³/mol. The first-order valence-electron chi connectivity index (χ1n) is 6.13. The van der Waals surface area contributed by atoms with E-state index in [0.717, 1.165) is 0 Å². The number of hydrogen-bond donors (Lipinski definition) is 2. The Balaban J connectivity index is 2.12. The SMILES string of the molecule is CC1CN(C(=O)c2cccc(NC(N)=O)c2)CCO1. The predicted octanol–water partition coefficient (Wildman–Crippen LogP) is 1.04. The average Bonchev–Trinajstić information content (AvgIpc) is 2.37. The van der Waals surface area contributed by atoms with Gasteiger partial charge in [0, 0.05) is 24.3 Å². The second-order valence-electron chi connectivity index (χ2n) is 4.50. The highest BCUT2D eigenvalue weighted by Gasteiger charge is 2.22. The molecule has 0 spiro atoms. The molecule has 1 aromatic carbocycles. The molecule has 0 aliphatic carbocycles. The Morgan fingerprint density at radius 2 is 2.26 bits per heavy atom.